The van der Waals surface area contributed by atoms with Crippen molar-refractivity contribution in [3.05, 3.63) is 0 Å². The summed E-state index contributed by atoms with van der Waals surface area (Å²) >= 11 is 0. The van der Waals surface area contributed by atoms with E-state index in [2.05, 4.69) is 16.7 Å². The third kappa shape index (κ3) is 5.66. The van der Waals surface area contributed by atoms with Gasteiger partial charge in [-0.1, -0.05) is 6.92 Å². The standard InChI is InChI=1S/C15H30N2O3/c1-2-16-6-3-7-17(9-8-16)12-14(18)13-20-15-4-10-19-11-5-15/h14-15,18H,2-13H2,1H3. The third-order valence-electron chi connectivity index (χ3n) is 4.29. The van der Waals surface area contributed by atoms with Gasteiger partial charge in [0.05, 0.1) is 18.8 Å². The maximum atomic E-state index is 10.1. The fraction of sp³-hybridized carbons (Fsp3) is 1.00. The Balaban J connectivity index is 1.61. The number of ether oxygens (including phenoxy) is 2. The smallest absolute Gasteiger partial charge is 0.0900 e. The molecule has 1 N–H and O–H groups in total. The van der Waals surface area contributed by atoms with E-state index >= 15 is 0 Å². The first-order valence-corrected chi connectivity index (χ1v) is 8.10. The summed E-state index contributed by atoms with van der Waals surface area (Å²) in [7, 11) is 0. The minimum Gasteiger partial charge on any atom is -0.389 e. The van der Waals surface area contributed by atoms with Crippen LogP contribution in [0.1, 0.15) is 26.2 Å². The fourth-order valence-corrected chi connectivity index (χ4v) is 2.96. The molecule has 5 heteroatoms. The van der Waals surface area contributed by atoms with Crippen molar-refractivity contribution in [2.45, 2.75) is 38.4 Å². The normalized spacial score (nSPS) is 25.5. The predicted octanol–water partition coefficient (Wildman–Crippen LogP) is 0.571. The lowest BCUT2D eigenvalue weighted by atomic mass is 10.1. The molecule has 2 saturated heterocycles. The van der Waals surface area contributed by atoms with Gasteiger partial charge in [0.15, 0.2) is 0 Å². The van der Waals surface area contributed by atoms with Gasteiger partial charge in [-0.15, -0.1) is 0 Å². The van der Waals surface area contributed by atoms with E-state index in [0.29, 0.717) is 6.61 Å². The first kappa shape index (κ1) is 16.2. The van der Waals surface area contributed by atoms with Crippen molar-refractivity contribution in [1.29, 1.82) is 0 Å². The van der Waals surface area contributed by atoms with Crippen LogP contribution in [-0.4, -0.2) is 86.2 Å². The second-order valence-electron chi connectivity index (χ2n) is 5.89. The van der Waals surface area contributed by atoms with Gasteiger partial charge in [0.1, 0.15) is 0 Å². The number of hydrogen-bond acceptors (Lipinski definition) is 5. The highest BCUT2D eigenvalue weighted by atomic mass is 16.5. The van der Waals surface area contributed by atoms with Crippen LogP contribution >= 0.6 is 0 Å². The molecule has 2 aliphatic rings. The lowest BCUT2D eigenvalue weighted by molar-refractivity contribution is -0.0639. The Labute approximate surface area is 122 Å². The van der Waals surface area contributed by atoms with Crippen molar-refractivity contribution >= 4 is 0 Å². The van der Waals surface area contributed by atoms with Crippen molar-refractivity contribution in [1.82, 2.24) is 9.80 Å². The minimum atomic E-state index is -0.369. The largest absolute Gasteiger partial charge is 0.389 e. The van der Waals surface area contributed by atoms with E-state index in [9.17, 15) is 5.11 Å². The average molecular weight is 286 g/mol. The van der Waals surface area contributed by atoms with Gasteiger partial charge in [-0.25, -0.2) is 0 Å². The third-order valence-corrected chi connectivity index (χ3v) is 4.29. The van der Waals surface area contributed by atoms with Gasteiger partial charge in [-0.05, 0) is 38.9 Å². The van der Waals surface area contributed by atoms with Crippen LogP contribution in [0, 0.1) is 0 Å². The van der Waals surface area contributed by atoms with Gasteiger partial charge in [-0.3, -0.25) is 4.90 Å². The number of likely N-dealkylation sites (N-methyl/N-ethyl adjacent to an activating group) is 1. The maximum absolute atomic E-state index is 10.1. The van der Waals surface area contributed by atoms with Gasteiger partial charge < -0.3 is 19.5 Å². The fourth-order valence-electron chi connectivity index (χ4n) is 2.96. The van der Waals surface area contributed by atoms with Crippen molar-refractivity contribution in [2.24, 2.45) is 0 Å². The Hall–Kier alpha value is -0.200. The molecule has 0 bridgehead atoms. The van der Waals surface area contributed by atoms with Crippen molar-refractivity contribution in [2.75, 3.05) is 59.1 Å². The minimum absolute atomic E-state index is 0.276. The van der Waals surface area contributed by atoms with Crippen LogP contribution in [0.4, 0.5) is 0 Å². The molecule has 0 aliphatic carbocycles. The molecule has 0 aromatic heterocycles. The molecule has 0 saturated carbocycles. The van der Waals surface area contributed by atoms with Gasteiger partial charge in [0.25, 0.3) is 0 Å². The molecule has 2 fully saturated rings. The van der Waals surface area contributed by atoms with Crippen LogP contribution in [0.25, 0.3) is 0 Å². The summed E-state index contributed by atoms with van der Waals surface area (Å²) in [5.41, 5.74) is 0. The second-order valence-corrected chi connectivity index (χ2v) is 5.89. The topological polar surface area (TPSA) is 45.2 Å². The summed E-state index contributed by atoms with van der Waals surface area (Å²) in [6, 6.07) is 0. The molecule has 2 aliphatic heterocycles. The first-order chi connectivity index (χ1) is 9.78. The van der Waals surface area contributed by atoms with Crippen LogP contribution in [0.2, 0.25) is 0 Å². The van der Waals surface area contributed by atoms with E-state index in [1.165, 1.54) is 13.0 Å². The highest BCUT2D eigenvalue weighted by molar-refractivity contribution is 4.72. The zero-order valence-corrected chi connectivity index (χ0v) is 12.8. The van der Waals surface area contributed by atoms with Crippen molar-refractivity contribution in [3.63, 3.8) is 0 Å². The predicted molar refractivity (Wildman–Crippen MR) is 79.0 cm³/mol. The second kappa shape index (κ2) is 8.95. The van der Waals surface area contributed by atoms with Gasteiger partial charge >= 0.3 is 0 Å². The SMILES string of the molecule is CCN1CCCN(CC(O)COC2CCOCC2)CC1. The molecule has 0 amide bonds. The monoisotopic (exact) mass is 286 g/mol. The van der Waals surface area contributed by atoms with Crippen LogP contribution < -0.4 is 0 Å². The summed E-state index contributed by atoms with van der Waals surface area (Å²) in [6.45, 7) is 10.6. The number of aliphatic hydroxyl groups excluding tert-OH is 1. The van der Waals surface area contributed by atoms with Crippen LogP contribution in [-0.2, 0) is 9.47 Å². The number of β-amino-alcohol motifs (C(OH)–C–C–N with tert-alkyl or cyclic N) is 1. The number of hydrogen-bond donors (Lipinski definition) is 1. The molecule has 1 unspecified atom stereocenters. The zero-order chi connectivity index (χ0) is 14.2. The molecule has 118 valence electrons. The van der Waals surface area contributed by atoms with Crippen LogP contribution in [0.3, 0.4) is 0 Å². The van der Waals surface area contributed by atoms with E-state index in [1.54, 1.807) is 0 Å². The summed E-state index contributed by atoms with van der Waals surface area (Å²) < 4.78 is 11.1. The van der Waals surface area contributed by atoms with Crippen molar-refractivity contribution < 1.29 is 14.6 Å². The Morgan fingerprint density at radius 2 is 1.85 bits per heavy atom. The Kier molecular flexibility index (Phi) is 7.24. The highest BCUT2D eigenvalue weighted by Gasteiger charge is 2.19. The molecule has 0 aromatic rings. The van der Waals surface area contributed by atoms with E-state index in [-0.39, 0.29) is 12.2 Å². The molecular weight excluding hydrogens is 256 g/mol. The molecule has 0 radical (unpaired) electrons. The molecule has 5 nitrogen and oxygen atoms in total. The molecule has 0 spiro atoms. The molecule has 1 atom stereocenters. The van der Waals surface area contributed by atoms with Crippen LogP contribution in [0.5, 0.6) is 0 Å². The molecule has 2 rings (SSSR count). The summed E-state index contributed by atoms with van der Waals surface area (Å²) in [4.78, 5) is 4.85. The van der Waals surface area contributed by atoms with Crippen molar-refractivity contribution in [3.8, 4) is 0 Å². The molecule has 0 aromatic carbocycles. The Bertz CT molecular complexity index is 260. The molecule has 20 heavy (non-hydrogen) atoms. The summed E-state index contributed by atoms with van der Waals surface area (Å²) in [6.07, 6.45) is 3.02. The number of rotatable bonds is 6. The van der Waals surface area contributed by atoms with E-state index in [4.69, 9.17) is 9.47 Å². The van der Waals surface area contributed by atoms with Gasteiger partial charge in [0.2, 0.25) is 0 Å². The zero-order valence-electron chi connectivity index (χ0n) is 12.8. The molecule has 2 heterocycles. The van der Waals surface area contributed by atoms with E-state index in [0.717, 1.165) is 58.8 Å². The van der Waals surface area contributed by atoms with E-state index in [1.807, 2.05) is 0 Å². The summed E-state index contributed by atoms with van der Waals surface area (Å²) in [5, 5.41) is 10.1. The molecular formula is C15H30N2O3. The number of aliphatic hydroxyl groups is 1. The lowest BCUT2D eigenvalue weighted by Gasteiger charge is -2.26. The summed E-state index contributed by atoms with van der Waals surface area (Å²) in [5.74, 6) is 0. The van der Waals surface area contributed by atoms with Crippen LogP contribution in [0.15, 0.2) is 0 Å². The number of nitrogens with zero attached hydrogens (tertiary/aromatic N) is 2. The van der Waals surface area contributed by atoms with Gasteiger partial charge in [0, 0.05) is 32.8 Å². The first-order valence-electron chi connectivity index (χ1n) is 8.10. The maximum Gasteiger partial charge on any atom is 0.0900 e. The Morgan fingerprint density at radius 1 is 1.15 bits per heavy atom. The average Bonchev–Trinajstić information content (AvgIpc) is 2.71. The van der Waals surface area contributed by atoms with Gasteiger partial charge in [-0.2, -0.15) is 0 Å². The lowest BCUT2D eigenvalue weighted by Crippen LogP contribution is -2.38. The Morgan fingerprint density at radius 3 is 2.60 bits per heavy atom. The van der Waals surface area contributed by atoms with E-state index < -0.39 is 0 Å². The highest BCUT2D eigenvalue weighted by Crippen LogP contribution is 2.11. The quantitative estimate of drug-likeness (QED) is 0.773.